The van der Waals surface area contributed by atoms with Crippen molar-refractivity contribution in [3.05, 3.63) is 47.0 Å². The van der Waals surface area contributed by atoms with Crippen molar-refractivity contribution >= 4 is 23.1 Å². The van der Waals surface area contributed by atoms with Crippen molar-refractivity contribution in [2.45, 2.75) is 24.0 Å². The Kier molecular flexibility index (Phi) is 5.84. The van der Waals surface area contributed by atoms with Crippen LogP contribution in [0, 0.1) is 34.3 Å². The van der Waals surface area contributed by atoms with Gasteiger partial charge < -0.3 is 10.1 Å². The van der Waals surface area contributed by atoms with E-state index in [2.05, 4.69) is 5.32 Å². The van der Waals surface area contributed by atoms with Crippen LogP contribution in [0.3, 0.4) is 0 Å². The number of anilines is 2. The van der Waals surface area contributed by atoms with E-state index in [1.807, 2.05) is 13.8 Å². The first-order valence-corrected chi connectivity index (χ1v) is 8.23. The van der Waals surface area contributed by atoms with Crippen LogP contribution in [0.2, 0.25) is 0 Å². The number of nitrogens with zero attached hydrogens (tertiary/aromatic N) is 2. The Morgan fingerprint density at radius 3 is 2.08 bits per heavy atom. The van der Waals surface area contributed by atoms with Gasteiger partial charge >= 0.3 is 0 Å². The second kappa shape index (κ2) is 7.87. The minimum Gasteiger partial charge on any atom is -0.497 e. The van der Waals surface area contributed by atoms with Gasteiger partial charge in [0.1, 0.15) is 29.0 Å². The van der Waals surface area contributed by atoms with E-state index in [4.69, 9.17) is 15.3 Å². The maximum absolute atomic E-state index is 14.8. The average molecular weight is 359 g/mol. The number of hydrogen-bond acceptors (Lipinski definition) is 5. The van der Waals surface area contributed by atoms with Crippen molar-refractivity contribution in [1.82, 2.24) is 0 Å². The molecule has 7 heteroatoms. The first-order valence-electron chi connectivity index (χ1n) is 7.35. The van der Waals surface area contributed by atoms with E-state index in [9.17, 15) is 8.78 Å². The van der Waals surface area contributed by atoms with Gasteiger partial charge in [0.15, 0.2) is 11.6 Å². The monoisotopic (exact) mass is 359 g/mol. The lowest BCUT2D eigenvalue weighted by atomic mass is 10.1. The lowest BCUT2D eigenvalue weighted by molar-refractivity contribution is 0.415. The summed E-state index contributed by atoms with van der Waals surface area (Å²) in [4.78, 5) is -0.0288. The Morgan fingerprint density at radius 1 is 1.04 bits per heavy atom. The number of ether oxygens (including phenoxy) is 1. The highest BCUT2D eigenvalue weighted by Gasteiger charge is 2.26. The topological polar surface area (TPSA) is 68.8 Å². The van der Waals surface area contributed by atoms with Gasteiger partial charge in [-0.3, -0.25) is 0 Å². The molecule has 0 spiro atoms. The van der Waals surface area contributed by atoms with E-state index in [1.165, 1.54) is 7.11 Å². The first-order chi connectivity index (χ1) is 11.9. The van der Waals surface area contributed by atoms with Crippen LogP contribution in [-0.2, 0) is 0 Å². The molecule has 2 rings (SSSR count). The van der Waals surface area contributed by atoms with E-state index in [-0.39, 0.29) is 15.8 Å². The predicted molar refractivity (Wildman–Crippen MR) is 93.1 cm³/mol. The van der Waals surface area contributed by atoms with Gasteiger partial charge in [-0.2, -0.15) is 10.5 Å². The molecule has 0 saturated heterocycles. The van der Waals surface area contributed by atoms with Gasteiger partial charge in [0.05, 0.1) is 17.7 Å². The quantitative estimate of drug-likeness (QED) is 0.764. The second-order valence-electron chi connectivity index (χ2n) is 5.33. The third kappa shape index (κ3) is 3.84. The minimum absolute atomic E-state index is 0.0288. The van der Waals surface area contributed by atoms with Gasteiger partial charge in [0, 0.05) is 10.9 Å². The summed E-state index contributed by atoms with van der Waals surface area (Å²) < 4.78 is 34.6. The molecule has 25 heavy (non-hydrogen) atoms. The Hall–Kier alpha value is -2.77. The summed E-state index contributed by atoms with van der Waals surface area (Å²) in [5.41, 5.74) is -0.845. The summed E-state index contributed by atoms with van der Waals surface area (Å²) in [5.74, 6) is -1.22. The fourth-order valence-electron chi connectivity index (χ4n) is 2.15. The van der Waals surface area contributed by atoms with Gasteiger partial charge in [0.25, 0.3) is 0 Å². The summed E-state index contributed by atoms with van der Waals surface area (Å²) >= 11 is 1.08. The van der Waals surface area contributed by atoms with Crippen molar-refractivity contribution in [3.63, 3.8) is 0 Å². The molecule has 2 aromatic rings. The molecule has 0 aliphatic carbocycles. The molecule has 0 atom stereocenters. The van der Waals surface area contributed by atoms with Crippen LogP contribution in [0.4, 0.5) is 20.2 Å². The van der Waals surface area contributed by atoms with Crippen LogP contribution >= 0.6 is 11.8 Å². The summed E-state index contributed by atoms with van der Waals surface area (Å²) in [6, 6.07) is 9.78. The van der Waals surface area contributed by atoms with Crippen molar-refractivity contribution < 1.29 is 13.5 Å². The van der Waals surface area contributed by atoms with Gasteiger partial charge in [-0.05, 0) is 24.3 Å². The molecule has 0 aliphatic rings. The summed E-state index contributed by atoms with van der Waals surface area (Å²) in [6.07, 6.45) is 0. The van der Waals surface area contributed by atoms with Gasteiger partial charge in [-0.25, -0.2) is 8.78 Å². The third-order valence-electron chi connectivity index (χ3n) is 3.27. The van der Waals surface area contributed by atoms with E-state index >= 15 is 0 Å². The maximum Gasteiger partial charge on any atom is 0.167 e. The Morgan fingerprint density at radius 2 is 1.60 bits per heavy atom. The van der Waals surface area contributed by atoms with Crippen molar-refractivity contribution in [2.75, 3.05) is 12.4 Å². The minimum atomic E-state index is -0.945. The third-order valence-corrected chi connectivity index (χ3v) is 4.36. The lowest BCUT2D eigenvalue weighted by Crippen LogP contribution is -2.06. The fourth-order valence-corrected chi connectivity index (χ4v) is 3.09. The van der Waals surface area contributed by atoms with Gasteiger partial charge in [-0.1, -0.05) is 13.8 Å². The zero-order valence-electron chi connectivity index (χ0n) is 13.9. The van der Waals surface area contributed by atoms with E-state index in [0.29, 0.717) is 11.4 Å². The van der Waals surface area contributed by atoms with Gasteiger partial charge in [-0.15, -0.1) is 11.8 Å². The number of nitrogens with one attached hydrogen (secondary N) is 1. The van der Waals surface area contributed by atoms with Crippen LogP contribution in [-0.4, -0.2) is 12.4 Å². The number of nitriles is 2. The van der Waals surface area contributed by atoms with E-state index < -0.39 is 22.8 Å². The fraction of sp³-hybridized carbons (Fsp3) is 0.222. The molecule has 0 aliphatic heterocycles. The average Bonchev–Trinajstić information content (AvgIpc) is 2.60. The molecule has 0 aromatic heterocycles. The molecule has 1 N–H and O–H groups in total. The number of thioether (sulfide) groups is 1. The molecular formula is C18H15F2N3OS. The first kappa shape index (κ1) is 18.6. The molecular weight excluding hydrogens is 344 g/mol. The molecule has 128 valence electrons. The van der Waals surface area contributed by atoms with Crippen LogP contribution in [0.1, 0.15) is 25.0 Å². The van der Waals surface area contributed by atoms with E-state index in [1.54, 1.807) is 36.4 Å². The summed E-state index contributed by atoms with van der Waals surface area (Å²) in [6.45, 7) is 3.65. The largest absolute Gasteiger partial charge is 0.497 e. The number of hydrogen-bond donors (Lipinski definition) is 1. The van der Waals surface area contributed by atoms with Crippen LogP contribution in [0.15, 0.2) is 29.2 Å². The zero-order valence-corrected chi connectivity index (χ0v) is 14.7. The number of halogens is 2. The molecule has 0 fully saturated rings. The lowest BCUT2D eigenvalue weighted by Gasteiger charge is -2.17. The standard InChI is InChI=1S/C18H15F2N3OS/c1-10(2)25-18-16(20)14(9-22)13(8-21)15(19)17(18)23-11-4-6-12(24-3)7-5-11/h4-7,10,23H,1-3H3. The Balaban J connectivity index is 2.63. The Labute approximate surface area is 149 Å². The smallest absolute Gasteiger partial charge is 0.167 e. The highest BCUT2D eigenvalue weighted by molar-refractivity contribution is 8.00. The van der Waals surface area contributed by atoms with Crippen molar-refractivity contribution in [2.24, 2.45) is 0 Å². The summed E-state index contributed by atoms with van der Waals surface area (Å²) in [7, 11) is 1.52. The highest BCUT2D eigenvalue weighted by atomic mass is 32.2. The maximum atomic E-state index is 14.8. The predicted octanol–water partition coefficient (Wildman–Crippen LogP) is 4.96. The Bertz CT molecular complexity index is 868. The molecule has 0 radical (unpaired) electrons. The number of benzene rings is 2. The molecule has 0 saturated carbocycles. The number of rotatable bonds is 5. The molecule has 0 unspecified atom stereocenters. The summed E-state index contributed by atoms with van der Waals surface area (Å²) in [5, 5.41) is 21.0. The molecule has 0 bridgehead atoms. The highest BCUT2D eigenvalue weighted by Crippen LogP contribution is 2.40. The molecule has 0 amide bonds. The van der Waals surface area contributed by atoms with Crippen molar-refractivity contribution in [3.8, 4) is 17.9 Å². The normalized spacial score (nSPS) is 10.2. The van der Waals surface area contributed by atoms with Crippen LogP contribution in [0.5, 0.6) is 5.75 Å². The van der Waals surface area contributed by atoms with Crippen LogP contribution < -0.4 is 10.1 Å². The molecule has 0 heterocycles. The van der Waals surface area contributed by atoms with E-state index in [0.717, 1.165) is 11.8 Å². The second-order valence-corrected chi connectivity index (χ2v) is 6.91. The molecule has 2 aromatic carbocycles. The van der Waals surface area contributed by atoms with Gasteiger partial charge in [0.2, 0.25) is 0 Å². The number of methoxy groups -OCH3 is 1. The SMILES string of the molecule is COc1ccc(Nc2c(F)c(C#N)c(C#N)c(F)c2SC(C)C)cc1. The van der Waals surface area contributed by atoms with Crippen molar-refractivity contribution in [1.29, 1.82) is 10.5 Å². The van der Waals surface area contributed by atoms with Crippen LogP contribution in [0.25, 0.3) is 0 Å². The zero-order chi connectivity index (χ0) is 18.6. The molecule has 4 nitrogen and oxygen atoms in total.